The van der Waals surface area contributed by atoms with E-state index in [0.717, 1.165) is 0 Å². The molecular formula is C13H8Cl2N4O2. The molecule has 2 N–H and O–H groups in total. The lowest BCUT2D eigenvalue weighted by Crippen LogP contribution is -2.11. The number of anilines is 1. The molecule has 1 amide bonds. The third-order valence-corrected chi connectivity index (χ3v) is 3.42. The highest BCUT2D eigenvalue weighted by Gasteiger charge is 2.14. The van der Waals surface area contributed by atoms with Gasteiger partial charge in [0.2, 0.25) is 0 Å². The lowest BCUT2D eigenvalue weighted by atomic mass is 10.2. The molecule has 0 atom stereocenters. The van der Waals surface area contributed by atoms with Crippen molar-refractivity contribution in [2.45, 2.75) is 0 Å². The number of rotatable bonds is 2. The first-order chi connectivity index (χ1) is 10.1. The lowest BCUT2D eigenvalue weighted by Gasteiger charge is -2.07. The summed E-state index contributed by atoms with van der Waals surface area (Å²) in [5, 5.41) is 16.3. The number of nitrogens with one attached hydrogen (secondary N) is 1. The fourth-order valence-corrected chi connectivity index (χ4v) is 2.33. The Hall–Kier alpha value is -2.31. The summed E-state index contributed by atoms with van der Waals surface area (Å²) >= 11 is 11.6. The molecule has 6 nitrogen and oxygen atoms in total. The number of carbonyl (C=O) groups excluding carboxylic acids is 1. The monoisotopic (exact) mass is 322 g/mol. The molecule has 2 aromatic heterocycles. The van der Waals surface area contributed by atoms with Crippen LogP contribution in [0, 0.1) is 0 Å². The topological polar surface area (TPSA) is 79.5 Å². The summed E-state index contributed by atoms with van der Waals surface area (Å²) in [5.41, 5.74) is 1.31. The minimum absolute atomic E-state index is 0.0549. The number of halogens is 2. The van der Waals surface area contributed by atoms with Crippen molar-refractivity contribution in [1.82, 2.24) is 14.6 Å². The zero-order valence-corrected chi connectivity index (χ0v) is 11.9. The van der Waals surface area contributed by atoms with Gasteiger partial charge in [0.05, 0.1) is 33.5 Å². The number of nitrogens with zero attached hydrogens (tertiary/aromatic N) is 3. The minimum Gasteiger partial charge on any atom is -0.505 e. The van der Waals surface area contributed by atoms with E-state index < -0.39 is 0 Å². The van der Waals surface area contributed by atoms with Crippen molar-refractivity contribution in [2.24, 2.45) is 0 Å². The number of phenolic OH excluding ortho intramolecular Hbond substituents is 1. The fraction of sp³-hybridized carbons (Fsp3) is 0. The van der Waals surface area contributed by atoms with E-state index in [0.29, 0.717) is 16.8 Å². The van der Waals surface area contributed by atoms with Crippen LogP contribution in [0.15, 0.2) is 36.9 Å². The number of fused-ring (bicyclic) bond motifs is 1. The maximum Gasteiger partial charge on any atom is 0.259 e. The summed E-state index contributed by atoms with van der Waals surface area (Å²) in [6.07, 6.45) is 6.19. The van der Waals surface area contributed by atoms with Gasteiger partial charge in [0, 0.05) is 18.1 Å². The summed E-state index contributed by atoms with van der Waals surface area (Å²) in [5.74, 6) is -0.604. The molecule has 0 aliphatic heterocycles. The van der Waals surface area contributed by atoms with Crippen molar-refractivity contribution in [2.75, 3.05) is 5.32 Å². The second-order valence-electron chi connectivity index (χ2n) is 4.21. The minimum atomic E-state index is -0.379. The average molecular weight is 323 g/mol. The van der Waals surface area contributed by atoms with E-state index in [-0.39, 0.29) is 21.7 Å². The first-order valence-corrected chi connectivity index (χ1v) is 6.58. The number of amides is 1. The molecule has 21 heavy (non-hydrogen) atoms. The van der Waals surface area contributed by atoms with Gasteiger partial charge in [-0.2, -0.15) is 5.10 Å². The molecule has 3 aromatic rings. The molecule has 0 unspecified atom stereocenters. The van der Waals surface area contributed by atoms with E-state index in [4.69, 9.17) is 23.2 Å². The molecule has 0 aliphatic rings. The van der Waals surface area contributed by atoms with E-state index >= 15 is 0 Å². The number of benzene rings is 1. The van der Waals surface area contributed by atoms with Crippen LogP contribution in [-0.4, -0.2) is 25.6 Å². The SMILES string of the molecule is O=C(Nc1cc(Cl)c(O)c(Cl)c1)c1cnn2ccncc12. The van der Waals surface area contributed by atoms with Gasteiger partial charge in [-0.3, -0.25) is 9.78 Å². The Labute approximate surface area is 128 Å². The Kier molecular flexibility index (Phi) is 3.40. The van der Waals surface area contributed by atoms with Crippen LogP contribution in [0.4, 0.5) is 5.69 Å². The number of carbonyl (C=O) groups is 1. The molecular weight excluding hydrogens is 315 g/mol. The van der Waals surface area contributed by atoms with Crippen molar-refractivity contribution < 1.29 is 9.90 Å². The first kappa shape index (κ1) is 13.7. The number of aromatic nitrogens is 3. The number of phenols is 1. The summed E-state index contributed by atoms with van der Waals surface area (Å²) < 4.78 is 1.54. The highest BCUT2D eigenvalue weighted by molar-refractivity contribution is 6.37. The zero-order valence-electron chi connectivity index (χ0n) is 10.4. The van der Waals surface area contributed by atoms with Crippen LogP contribution in [0.2, 0.25) is 10.0 Å². The molecule has 0 saturated heterocycles. The standard InChI is InChI=1S/C13H8Cl2N4O2/c14-9-3-7(4-10(15)12(9)20)18-13(21)8-5-17-19-2-1-16-6-11(8)19/h1-6,20H,(H,18,21). The van der Waals surface area contributed by atoms with Gasteiger partial charge in [-0.15, -0.1) is 0 Å². The lowest BCUT2D eigenvalue weighted by molar-refractivity contribution is 0.102. The summed E-state index contributed by atoms with van der Waals surface area (Å²) in [7, 11) is 0. The number of aromatic hydroxyl groups is 1. The maximum atomic E-state index is 12.3. The van der Waals surface area contributed by atoms with E-state index in [1.165, 1.54) is 18.3 Å². The summed E-state index contributed by atoms with van der Waals surface area (Å²) in [6.45, 7) is 0. The Morgan fingerprint density at radius 1 is 1.24 bits per heavy atom. The van der Waals surface area contributed by atoms with E-state index in [1.54, 1.807) is 23.1 Å². The number of hydrogen-bond donors (Lipinski definition) is 2. The largest absolute Gasteiger partial charge is 0.505 e. The van der Waals surface area contributed by atoms with Crippen molar-refractivity contribution in [3.63, 3.8) is 0 Å². The van der Waals surface area contributed by atoms with Crippen molar-refractivity contribution in [1.29, 1.82) is 0 Å². The van der Waals surface area contributed by atoms with Gasteiger partial charge in [0.25, 0.3) is 5.91 Å². The molecule has 106 valence electrons. The van der Waals surface area contributed by atoms with E-state index in [1.807, 2.05) is 0 Å². The summed E-state index contributed by atoms with van der Waals surface area (Å²) in [4.78, 5) is 16.2. The van der Waals surface area contributed by atoms with E-state index in [2.05, 4.69) is 15.4 Å². The predicted octanol–water partition coefficient (Wildman–Crippen LogP) is 2.99. The van der Waals surface area contributed by atoms with Gasteiger partial charge in [0.1, 0.15) is 0 Å². The third kappa shape index (κ3) is 2.51. The zero-order chi connectivity index (χ0) is 15.0. The second kappa shape index (κ2) is 5.23. The Morgan fingerprint density at radius 2 is 1.95 bits per heavy atom. The first-order valence-electron chi connectivity index (χ1n) is 5.83. The van der Waals surface area contributed by atoms with Crippen LogP contribution in [0.5, 0.6) is 5.75 Å². The number of hydrogen-bond acceptors (Lipinski definition) is 4. The Bertz CT molecular complexity index is 824. The van der Waals surface area contributed by atoms with Crippen LogP contribution >= 0.6 is 23.2 Å². The molecule has 0 radical (unpaired) electrons. The molecule has 1 aromatic carbocycles. The van der Waals surface area contributed by atoms with Crippen molar-refractivity contribution in [3.05, 3.63) is 52.5 Å². The van der Waals surface area contributed by atoms with Gasteiger partial charge < -0.3 is 10.4 Å². The molecule has 0 fully saturated rings. The van der Waals surface area contributed by atoms with Crippen LogP contribution in [-0.2, 0) is 0 Å². The molecule has 0 bridgehead atoms. The van der Waals surface area contributed by atoms with Crippen molar-refractivity contribution in [3.8, 4) is 5.75 Å². The molecule has 2 heterocycles. The molecule has 0 saturated carbocycles. The highest BCUT2D eigenvalue weighted by atomic mass is 35.5. The normalized spacial score (nSPS) is 10.8. The predicted molar refractivity (Wildman–Crippen MR) is 79.1 cm³/mol. The van der Waals surface area contributed by atoms with Gasteiger partial charge in [0.15, 0.2) is 5.75 Å². The fourth-order valence-electron chi connectivity index (χ4n) is 1.85. The molecule has 8 heteroatoms. The van der Waals surface area contributed by atoms with Crippen LogP contribution in [0.25, 0.3) is 5.52 Å². The Morgan fingerprint density at radius 3 is 2.67 bits per heavy atom. The van der Waals surface area contributed by atoms with Gasteiger partial charge in [-0.25, -0.2) is 4.52 Å². The van der Waals surface area contributed by atoms with Crippen LogP contribution in [0.1, 0.15) is 10.4 Å². The van der Waals surface area contributed by atoms with Crippen molar-refractivity contribution >= 4 is 40.3 Å². The smallest absolute Gasteiger partial charge is 0.259 e. The highest BCUT2D eigenvalue weighted by Crippen LogP contribution is 2.34. The average Bonchev–Trinajstić information content (AvgIpc) is 2.88. The molecule has 3 rings (SSSR count). The third-order valence-electron chi connectivity index (χ3n) is 2.84. The quantitative estimate of drug-likeness (QED) is 0.711. The summed E-state index contributed by atoms with van der Waals surface area (Å²) in [6, 6.07) is 2.81. The Balaban J connectivity index is 1.93. The van der Waals surface area contributed by atoms with E-state index in [9.17, 15) is 9.90 Å². The van der Waals surface area contributed by atoms with Gasteiger partial charge >= 0.3 is 0 Å². The van der Waals surface area contributed by atoms with Crippen LogP contribution < -0.4 is 5.32 Å². The second-order valence-corrected chi connectivity index (χ2v) is 5.02. The van der Waals surface area contributed by atoms with Gasteiger partial charge in [-0.1, -0.05) is 23.2 Å². The van der Waals surface area contributed by atoms with Gasteiger partial charge in [-0.05, 0) is 12.1 Å². The molecule has 0 spiro atoms. The van der Waals surface area contributed by atoms with Crippen LogP contribution in [0.3, 0.4) is 0 Å². The maximum absolute atomic E-state index is 12.3. The molecule has 0 aliphatic carbocycles.